The van der Waals surface area contributed by atoms with Gasteiger partial charge in [0.2, 0.25) is 0 Å². The van der Waals surface area contributed by atoms with E-state index in [2.05, 4.69) is 15.0 Å². The summed E-state index contributed by atoms with van der Waals surface area (Å²) in [6.07, 6.45) is -1.97. The van der Waals surface area contributed by atoms with Gasteiger partial charge >= 0.3 is 6.18 Å². The van der Waals surface area contributed by atoms with Gasteiger partial charge in [-0.1, -0.05) is 12.1 Å². The molecule has 6 heteroatoms. The Hall–Kier alpha value is -2.37. The summed E-state index contributed by atoms with van der Waals surface area (Å²) >= 11 is 0. The second kappa shape index (κ2) is 4.87. The number of nitrogens with one attached hydrogen (secondary N) is 1. The molecule has 108 valence electrons. The van der Waals surface area contributed by atoms with Gasteiger partial charge in [0.1, 0.15) is 12.2 Å². The van der Waals surface area contributed by atoms with E-state index in [4.69, 9.17) is 0 Å². The Morgan fingerprint density at radius 1 is 1.14 bits per heavy atom. The third-order valence-corrected chi connectivity index (χ3v) is 3.26. The molecule has 21 heavy (non-hydrogen) atoms. The number of benzene rings is 1. The summed E-state index contributed by atoms with van der Waals surface area (Å²) in [6.45, 7) is 1.93. The molecule has 0 bridgehead atoms. The molecule has 0 saturated heterocycles. The Labute approximate surface area is 118 Å². The molecule has 3 aromatic rings. The van der Waals surface area contributed by atoms with Crippen LogP contribution in [0.25, 0.3) is 22.2 Å². The SMILES string of the molecule is Cc1ccncc1-c1cccc2[nH]c(CC(F)(F)F)nc12. The molecule has 0 aliphatic carbocycles. The first-order chi connectivity index (χ1) is 9.94. The molecular weight excluding hydrogens is 279 g/mol. The van der Waals surface area contributed by atoms with Gasteiger partial charge in [0.15, 0.2) is 0 Å². The quantitative estimate of drug-likeness (QED) is 0.774. The van der Waals surface area contributed by atoms with E-state index in [1.165, 1.54) is 0 Å². The zero-order chi connectivity index (χ0) is 15.0. The Kier molecular flexibility index (Phi) is 3.16. The van der Waals surface area contributed by atoms with Crippen molar-refractivity contribution >= 4 is 11.0 Å². The van der Waals surface area contributed by atoms with Crippen LogP contribution in [0.2, 0.25) is 0 Å². The average Bonchev–Trinajstić information content (AvgIpc) is 2.79. The topological polar surface area (TPSA) is 41.6 Å². The highest BCUT2D eigenvalue weighted by atomic mass is 19.4. The lowest BCUT2D eigenvalue weighted by Crippen LogP contribution is -2.12. The highest BCUT2D eigenvalue weighted by molar-refractivity contribution is 5.92. The zero-order valence-corrected chi connectivity index (χ0v) is 11.2. The molecule has 2 heterocycles. The monoisotopic (exact) mass is 291 g/mol. The van der Waals surface area contributed by atoms with Crippen LogP contribution in [0.4, 0.5) is 13.2 Å². The molecule has 1 aromatic carbocycles. The number of para-hydroxylation sites is 1. The molecule has 0 fully saturated rings. The van der Waals surface area contributed by atoms with Gasteiger partial charge in [-0.2, -0.15) is 13.2 Å². The van der Waals surface area contributed by atoms with E-state index in [0.29, 0.717) is 11.0 Å². The Bertz CT molecular complexity index is 790. The smallest absolute Gasteiger partial charge is 0.342 e. The zero-order valence-electron chi connectivity index (χ0n) is 11.2. The molecule has 0 spiro atoms. The number of pyridine rings is 1. The standard InChI is InChI=1S/C15H12F3N3/c1-9-5-6-19-8-11(9)10-3-2-4-12-14(10)21-13(20-12)7-15(16,17)18/h2-6,8H,7H2,1H3,(H,20,21). The number of imidazole rings is 1. The Morgan fingerprint density at radius 3 is 2.67 bits per heavy atom. The summed E-state index contributed by atoms with van der Waals surface area (Å²) in [6, 6.07) is 7.21. The van der Waals surface area contributed by atoms with Gasteiger partial charge in [-0.15, -0.1) is 0 Å². The lowest BCUT2D eigenvalue weighted by atomic mass is 10.0. The summed E-state index contributed by atoms with van der Waals surface area (Å²) in [7, 11) is 0. The minimum Gasteiger partial charge on any atom is -0.342 e. The van der Waals surface area contributed by atoms with Crippen LogP contribution in [-0.4, -0.2) is 21.1 Å². The third kappa shape index (κ3) is 2.74. The number of hydrogen-bond donors (Lipinski definition) is 1. The van der Waals surface area contributed by atoms with Crippen molar-refractivity contribution in [3.63, 3.8) is 0 Å². The summed E-state index contributed by atoms with van der Waals surface area (Å²) in [5, 5.41) is 0. The van der Waals surface area contributed by atoms with E-state index in [-0.39, 0.29) is 5.82 Å². The summed E-state index contributed by atoms with van der Waals surface area (Å²) in [5.41, 5.74) is 3.77. The number of nitrogens with zero attached hydrogens (tertiary/aromatic N) is 2. The van der Waals surface area contributed by atoms with E-state index in [9.17, 15) is 13.2 Å². The maximum absolute atomic E-state index is 12.5. The molecule has 0 unspecified atom stereocenters. The minimum absolute atomic E-state index is 0.0773. The molecular formula is C15H12F3N3. The molecule has 3 rings (SSSR count). The molecule has 0 amide bonds. The van der Waals surface area contributed by atoms with E-state index in [0.717, 1.165) is 16.7 Å². The summed E-state index contributed by atoms with van der Waals surface area (Å²) in [5.74, 6) is -0.0773. The van der Waals surface area contributed by atoms with Crippen molar-refractivity contribution in [2.24, 2.45) is 0 Å². The van der Waals surface area contributed by atoms with E-state index < -0.39 is 12.6 Å². The fourth-order valence-corrected chi connectivity index (χ4v) is 2.32. The van der Waals surface area contributed by atoms with Crippen molar-refractivity contribution in [1.29, 1.82) is 0 Å². The van der Waals surface area contributed by atoms with Crippen LogP contribution in [0.3, 0.4) is 0 Å². The van der Waals surface area contributed by atoms with Gasteiger partial charge in [-0.3, -0.25) is 4.98 Å². The van der Waals surface area contributed by atoms with E-state index >= 15 is 0 Å². The number of aromatic amines is 1. The average molecular weight is 291 g/mol. The lowest BCUT2D eigenvalue weighted by molar-refractivity contribution is -0.128. The van der Waals surface area contributed by atoms with Gasteiger partial charge in [0.25, 0.3) is 0 Å². The molecule has 0 aliphatic rings. The van der Waals surface area contributed by atoms with Crippen molar-refractivity contribution in [2.45, 2.75) is 19.5 Å². The normalized spacial score (nSPS) is 12.0. The second-order valence-corrected chi connectivity index (χ2v) is 4.87. The predicted molar refractivity (Wildman–Crippen MR) is 73.8 cm³/mol. The van der Waals surface area contributed by atoms with Crippen LogP contribution in [0, 0.1) is 6.92 Å². The van der Waals surface area contributed by atoms with E-state index in [1.807, 2.05) is 19.1 Å². The first kappa shape index (κ1) is 13.6. The number of fused-ring (bicyclic) bond motifs is 1. The fraction of sp³-hybridized carbons (Fsp3) is 0.200. The van der Waals surface area contributed by atoms with Crippen LogP contribution >= 0.6 is 0 Å². The molecule has 3 nitrogen and oxygen atoms in total. The van der Waals surface area contributed by atoms with Gasteiger partial charge in [-0.05, 0) is 24.6 Å². The highest BCUT2D eigenvalue weighted by Gasteiger charge is 2.29. The van der Waals surface area contributed by atoms with Crippen LogP contribution in [-0.2, 0) is 6.42 Å². The maximum Gasteiger partial charge on any atom is 0.396 e. The molecule has 0 aliphatic heterocycles. The first-order valence-electron chi connectivity index (χ1n) is 6.39. The van der Waals surface area contributed by atoms with Gasteiger partial charge in [0, 0.05) is 23.5 Å². The van der Waals surface area contributed by atoms with Gasteiger partial charge < -0.3 is 4.98 Å². The molecule has 0 atom stereocenters. The van der Waals surface area contributed by atoms with Crippen LogP contribution in [0.5, 0.6) is 0 Å². The number of aryl methyl sites for hydroxylation is 1. The van der Waals surface area contributed by atoms with Crippen molar-refractivity contribution in [1.82, 2.24) is 15.0 Å². The molecule has 2 aromatic heterocycles. The molecule has 0 saturated carbocycles. The minimum atomic E-state index is -4.28. The number of hydrogen-bond acceptors (Lipinski definition) is 2. The van der Waals surface area contributed by atoms with E-state index in [1.54, 1.807) is 24.5 Å². The van der Waals surface area contributed by atoms with Crippen molar-refractivity contribution in [2.75, 3.05) is 0 Å². The summed E-state index contributed by atoms with van der Waals surface area (Å²) < 4.78 is 37.5. The first-order valence-corrected chi connectivity index (χ1v) is 6.39. The lowest BCUT2D eigenvalue weighted by Gasteiger charge is -2.05. The van der Waals surface area contributed by atoms with Crippen molar-refractivity contribution < 1.29 is 13.2 Å². The number of rotatable bonds is 2. The van der Waals surface area contributed by atoms with Crippen LogP contribution in [0.15, 0.2) is 36.7 Å². The van der Waals surface area contributed by atoms with Crippen molar-refractivity contribution in [3.8, 4) is 11.1 Å². The third-order valence-electron chi connectivity index (χ3n) is 3.26. The predicted octanol–water partition coefficient (Wildman–Crippen LogP) is 4.04. The Balaban J connectivity index is 2.14. The van der Waals surface area contributed by atoms with Gasteiger partial charge in [0.05, 0.1) is 11.0 Å². The molecule has 0 radical (unpaired) electrons. The Morgan fingerprint density at radius 2 is 1.95 bits per heavy atom. The highest BCUT2D eigenvalue weighted by Crippen LogP contribution is 2.30. The van der Waals surface area contributed by atoms with Crippen LogP contribution in [0.1, 0.15) is 11.4 Å². The number of H-pyrrole nitrogens is 1. The van der Waals surface area contributed by atoms with Crippen LogP contribution < -0.4 is 0 Å². The fourth-order valence-electron chi connectivity index (χ4n) is 2.32. The van der Waals surface area contributed by atoms with Gasteiger partial charge in [-0.25, -0.2) is 4.98 Å². The largest absolute Gasteiger partial charge is 0.396 e. The van der Waals surface area contributed by atoms with Crippen molar-refractivity contribution in [3.05, 3.63) is 48.0 Å². The maximum atomic E-state index is 12.5. The second-order valence-electron chi connectivity index (χ2n) is 4.87. The number of halogens is 3. The number of aromatic nitrogens is 3. The molecule has 1 N–H and O–H groups in total. The number of alkyl halides is 3. The summed E-state index contributed by atoms with van der Waals surface area (Å²) in [4.78, 5) is 10.9.